The predicted octanol–water partition coefficient (Wildman–Crippen LogP) is 2.72. The van der Waals surface area contributed by atoms with Gasteiger partial charge >= 0.3 is 0 Å². The highest BCUT2D eigenvalue weighted by Crippen LogP contribution is 2.28. The number of morpholine rings is 1. The Morgan fingerprint density at radius 1 is 1.43 bits per heavy atom. The van der Waals surface area contributed by atoms with Crippen LogP contribution in [0.4, 0.5) is 10.2 Å². The Bertz CT molecular complexity index is 497. The first-order valence-corrected chi connectivity index (χ1v) is 7.44. The minimum atomic E-state index is -0.248. The normalized spacial score (nSPS) is 18.9. The average molecular weight is 295 g/mol. The SMILES string of the molecule is CC(C)(C)NCc1ccnc(N2CCOCC2(C)C)c1F. The van der Waals surface area contributed by atoms with Crippen molar-refractivity contribution in [1.82, 2.24) is 10.3 Å². The number of rotatable bonds is 3. The zero-order chi connectivity index (χ0) is 15.7. The highest BCUT2D eigenvalue weighted by Gasteiger charge is 2.33. The minimum Gasteiger partial charge on any atom is -0.377 e. The van der Waals surface area contributed by atoms with Gasteiger partial charge in [-0.1, -0.05) is 0 Å². The molecule has 21 heavy (non-hydrogen) atoms. The van der Waals surface area contributed by atoms with Gasteiger partial charge in [0.15, 0.2) is 11.6 Å². The van der Waals surface area contributed by atoms with Crippen molar-refractivity contribution in [3.8, 4) is 0 Å². The zero-order valence-corrected chi connectivity index (χ0v) is 13.7. The van der Waals surface area contributed by atoms with Gasteiger partial charge in [-0.3, -0.25) is 0 Å². The topological polar surface area (TPSA) is 37.4 Å². The maximum atomic E-state index is 14.8. The van der Waals surface area contributed by atoms with E-state index in [2.05, 4.69) is 31.1 Å². The third-order valence-corrected chi connectivity index (χ3v) is 3.66. The molecule has 1 N–H and O–H groups in total. The molecule has 1 aliphatic rings. The van der Waals surface area contributed by atoms with Gasteiger partial charge < -0.3 is 15.0 Å². The highest BCUT2D eigenvalue weighted by molar-refractivity contribution is 5.46. The van der Waals surface area contributed by atoms with E-state index in [0.717, 1.165) is 0 Å². The maximum absolute atomic E-state index is 14.8. The summed E-state index contributed by atoms with van der Waals surface area (Å²) in [5.74, 6) is 0.195. The molecule has 2 rings (SSSR count). The van der Waals surface area contributed by atoms with E-state index in [1.54, 1.807) is 12.3 Å². The summed E-state index contributed by atoms with van der Waals surface area (Å²) in [5, 5.41) is 3.32. The summed E-state index contributed by atoms with van der Waals surface area (Å²) in [7, 11) is 0. The second-order valence-corrected chi connectivity index (χ2v) is 7.23. The highest BCUT2D eigenvalue weighted by atomic mass is 19.1. The van der Waals surface area contributed by atoms with Gasteiger partial charge in [-0.15, -0.1) is 0 Å². The molecule has 1 fully saturated rings. The van der Waals surface area contributed by atoms with Crippen molar-refractivity contribution in [2.75, 3.05) is 24.7 Å². The van der Waals surface area contributed by atoms with E-state index >= 15 is 0 Å². The lowest BCUT2D eigenvalue weighted by atomic mass is 10.0. The first-order valence-electron chi connectivity index (χ1n) is 7.44. The largest absolute Gasteiger partial charge is 0.377 e. The van der Waals surface area contributed by atoms with Crippen LogP contribution in [0.1, 0.15) is 40.2 Å². The van der Waals surface area contributed by atoms with Crippen LogP contribution >= 0.6 is 0 Å². The van der Waals surface area contributed by atoms with E-state index in [1.165, 1.54) is 0 Å². The smallest absolute Gasteiger partial charge is 0.170 e. The lowest BCUT2D eigenvalue weighted by Crippen LogP contribution is -2.54. The fraction of sp³-hybridized carbons (Fsp3) is 0.688. The van der Waals surface area contributed by atoms with Gasteiger partial charge in [0.05, 0.1) is 18.8 Å². The molecule has 1 aromatic rings. The molecule has 4 nitrogen and oxygen atoms in total. The zero-order valence-electron chi connectivity index (χ0n) is 13.7. The van der Waals surface area contributed by atoms with E-state index in [-0.39, 0.29) is 16.9 Å². The molecule has 118 valence electrons. The monoisotopic (exact) mass is 295 g/mol. The molecule has 0 saturated carbocycles. The number of pyridine rings is 1. The molecule has 2 heterocycles. The first kappa shape index (κ1) is 16.2. The van der Waals surface area contributed by atoms with E-state index in [9.17, 15) is 4.39 Å². The summed E-state index contributed by atoms with van der Waals surface area (Å²) in [6.45, 7) is 12.6. The molecule has 1 aromatic heterocycles. The number of nitrogens with zero attached hydrogens (tertiary/aromatic N) is 2. The molecule has 0 bridgehead atoms. The Hall–Kier alpha value is -1.20. The number of hydrogen-bond donors (Lipinski definition) is 1. The average Bonchev–Trinajstić information content (AvgIpc) is 2.37. The van der Waals surface area contributed by atoms with Crippen molar-refractivity contribution in [1.29, 1.82) is 0 Å². The lowest BCUT2D eigenvalue weighted by molar-refractivity contribution is 0.0634. The van der Waals surface area contributed by atoms with Crippen LogP contribution in [0.25, 0.3) is 0 Å². The number of anilines is 1. The van der Waals surface area contributed by atoms with E-state index in [0.29, 0.717) is 37.7 Å². The quantitative estimate of drug-likeness (QED) is 0.930. The molecule has 0 amide bonds. The number of ether oxygens (including phenoxy) is 1. The van der Waals surface area contributed by atoms with Crippen molar-refractivity contribution in [2.45, 2.75) is 52.2 Å². The van der Waals surface area contributed by atoms with Crippen molar-refractivity contribution >= 4 is 5.82 Å². The van der Waals surface area contributed by atoms with Crippen LogP contribution in [0.3, 0.4) is 0 Å². The van der Waals surface area contributed by atoms with Gasteiger partial charge in [0, 0.05) is 30.4 Å². The Morgan fingerprint density at radius 2 is 2.14 bits per heavy atom. The van der Waals surface area contributed by atoms with Crippen LogP contribution in [-0.4, -0.2) is 35.8 Å². The maximum Gasteiger partial charge on any atom is 0.170 e. The number of hydrogen-bond acceptors (Lipinski definition) is 4. The fourth-order valence-electron chi connectivity index (χ4n) is 2.41. The molecule has 0 atom stereocenters. The molecular weight excluding hydrogens is 269 g/mol. The summed E-state index contributed by atoms with van der Waals surface area (Å²) >= 11 is 0. The number of nitrogens with one attached hydrogen (secondary N) is 1. The summed E-state index contributed by atoms with van der Waals surface area (Å²) in [6, 6.07) is 1.74. The van der Waals surface area contributed by atoms with Crippen LogP contribution in [0.15, 0.2) is 12.3 Å². The van der Waals surface area contributed by atoms with Crippen molar-refractivity contribution < 1.29 is 9.13 Å². The molecule has 0 aromatic carbocycles. The summed E-state index contributed by atoms with van der Waals surface area (Å²) in [4.78, 5) is 6.28. The van der Waals surface area contributed by atoms with E-state index in [4.69, 9.17) is 4.74 Å². The molecule has 0 radical (unpaired) electrons. The molecule has 0 unspecified atom stereocenters. The van der Waals surface area contributed by atoms with Gasteiger partial charge in [-0.05, 0) is 40.7 Å². The second-order valence-electron chi connectivity index (χ2n) is 7.23. The second kappa shape index (κ2) is 5.89. The summed E-state index contributed by atoms with van der Waals surface area (Å²) in [5.41, 5.74) is 0.355. The molecular formula is C16H26FN3O. The first-order chi connectivity index (χ1) is 9.71. The van der Waals surface area contributed by atoms with Crippen LogP contribution in [-0.2, 0) is 11.3 Å². The predicted molar refractivity (Wildman–Crippen MR) is 83.0 cm³/mol. The lowest BCUT2D eigenvalue weighted by Gasteiger charge is -2.43. The molecule has 1 aliphatic heterocycles. The van der Waals surface area contributed by atoms with Gasteiger partial charge in [0.1, 0.15) is 0 Å². The van der Waals surface area contributed by atoms with Gasteiger partial charge in [-0.25, -0.2) is 9.37 Å². The Kier molecular flexibility index (Phi) is 4.54. The molecule has 0 aliphatic carbocycles. The van der Waals surface area contributed by atoms with E-state index in [1.807, 2.05) is 18.7 Å². The molecule has 0 spiro atoms. The van der Waals surface area contributed by atoms with Crippen LogP contribution in [0.5, 0.6) is 0 Å². The fourth-order valence-corrected chi connectivity index (χ4v) is 2.41. The standard InChI is InChI=1S/C16H26FN3O/c1-15(2,3)19-10-12-6-7-18-14(13(12)17)20-8-9-21-11-16(20,4)5/h6-7,19H,8-11H2,1-5H3. The van der Waals surface area contributed by atoms with Crippen molar-refractivity contribution in [3.05, 3.63) is 23.6 Å². The van der Waals surface area contributed by atoms with Crippen molar-refractivity contribution in [2.24, 2.45) is 0 Å². The summed E-state index contributed by atoms with van der Waals surface area (Å²) in [6.07, 6.45) is 1.68. The molecule has 5 heteroatoms. The number of aromatic nitrogens is 1. The van der Waals surface area contributed by atoms with Crippen LogP contribution in [0, 0.1) is 5.82 Å². The van der Waals surface area contributed by atoms with Gasteiger partial charge in [0.2, 0.25) is 0 Å². The summed E-state index contributed by atoms with van der Waals surface area (Å²) < 4.78 is 20.3. The van der Waals surface area contributed by atoms with Crippen molar-refractivity contribution in [3.63, 3.8) is 0 Å². The Balaban J connectivity index is 2.25. The van der Waals surface area contributed by atoms with Gasteiger partial charge in [0.25, 0.3) is 0 Å². The minimum absolute atomic E-state index is 0.0475. The van der Waals surface area contributed by atoms with Gasteiger partial charge in [-0.2, -0.15) is 0 Å². The number of halogens is 1. The van der Waals surface area contributed by atoms with Crippen LogP contribution in [0.2, 0.25) is 0 Å². The Morgan fingerprint density at radius 3 is 2.76 bits per heavy atom. The van der Waals surface area contributed by atoms with E-state index < -0.39 is 0 Å². The molecule has 1 saturated heterocycles. The third kappa shape index (κ3) is 3.92. The van der Waals surface area contributed by atoms with Crippen LogP contribution < -0.4 is 10.2 Å². The Labute approximate surface area is 126 Å². The third-order valence-electron chi connectivity index (χ3n) is 3.66.